The molecule has 0 atom stereocenters. The maximum atomic E-state index is 13.4. The summed E-state index contributed by atoms with van der Waals surface area (Å²) in [7, 11) is -4.09. The SMILES string of the molecule is Nc1cccc(S(=O)(=O)Nc2c(F)cccc2F)c1. The Morgan fingerprint density at radius 2 is 1.58 bits per heavy atom. The molecule has 0 heterocycles. The van der Waals surface area contributed by atoms with Gasteiger partial charge in [-0.3, -0.25) is 4.72 Å². The first-order valence-electron chi connectivity index (χ1n) is 5.22. The van der Waals surface area contributed by atoms with Gasteiger partial charge in [0.05, 0.1) is 4.90 Å². The maximum absolute atomic E-state index is 13.4. The molecule has 7 heteroatoms. The van der Waals surface area contributed by atoms with Gasteiger partial charge in [-0.05, 0) is 30.3 Å². The largest absolute Gasteiger partial charge is 0.399 e. The summed E-state index contributed by atoms with van der Waals surface area (Å²) in [6.45, 7) is 0. The lowest BCUT2D eigenvalue weighted by Crippen LogP contribution is -2.15. The van der Waals surface area contributed by atoms with E-state index in [1.54, 1.807) is 0 Å². The number of halogens is 2. The van der Waals surface area contributed by atoms with Gasteiger partial charge in [0, 0.05) is 5.69 Å². The van der Waals surface area contributed by atoms with E-state index in [0.717, 1.165) is 18.2 Å². The minimum Gasteiger partial charge on any atom is -0.399 e. The van der Waals surface area contributed by atoms with Crippen LogP contribution >= 0.6 is 0 Å². The van der Waals surface area contributed by atoms with Gasteiger partial charge in [0.15, 0.2) is 0 Å². The minimum absolute atomic E-state index is 0.171. The molecular weight excluding hydrogens is 274 g/mol. The molecule has 100 valence electrons. The van der Waals surface area contributed by atoms with E-state index in [9.17, 15) is 17.2 Å². The van der Waals surface area contributed by atoms with Crippen LogP contribution in [0.4, 0.5) is 20.2 Å². The van der Waals surface area contributed by atoms with Gasteiger partial charge in [0.1, 0.15) is 17.3 Å². The molecule has 0 spiro atoms. The molecule has 0 aliphatic carbocycles. The van der Waals surface area contributed by atoms with Crippen LogP contribution in [-0.2, 0) is 10.0 Å². The third kappa shape index (κ3) is 2.82. The number of nitrogen functional groups attached to an aromatic ring is 1. The summed E-state index contributed by atoms with van der Waals surface area (Å²) in [4.78, 5) is -0.171. The Morgan fingerprint density at radius 1 is 1.00 bits per heavy atom. The predicted octanol–water partition coefficient (Wildman–Crippen LogP) is 2.35. The molecule has 0 saturated carbocycles. The van der Waals surface area contributed by atoms with Crippen LogP contribution in [0.15, 0.2) is 47.4 Å². The molecule has 0 aromatic heterocycles. The Kier molecular flexibility index (Phi) is 3.39. The van der Waals surface area contributed by atoms with E-state index in [1.165, 1.54) is 24.3 Å². The number of benzene rings is 2. The lowest BCUT2D eigenvalue weighted by atomic mass is 10.3. The molecule has 2 aromatic rings. The highest BCUT2D eigenvalue weighted by Crippen LogP contribution is 2.22. The maximum Gasteiger partial charge on any atom is 0.262 e. The van der Waals surface area contributed by atoms with Crippen LogP contribution in [0.1, 0.15) is 0 Å². The quantitative estimate of drug-likeness (QED) is 0.850. The number of hydrogen-bond donors (Lipinski definition) is 2. The highest BCUT2D eigenvalue weighted by molar-refractivity contribution is 7.92. The number of para-hydroxylation sites is 1. The molecule has 0 aliphatic rings. The molecule has 0 fully saturated rings. The molecular formula is C12H10F2N2O2S. The smallest absolute Gasteiger partial charge is 0.262 e. The second-order valence-electron chi connectivity index (χ2n) is 3.77. The highest BCUT2D eigenvalue weighted by Gasteiger charge is 2.19. The van der Waals surface area contributed by atoms with Crippen molar-refractivity contribution in [3.8, 4) is 0 Å². The van der Waals surface area contributed by atoms with E-state index >= 15 is 0 Å². The van der Waals surface area contributed by atoms with Crippen LogP contribution in [0.2, 0.25) is 0 Å². The van der Waals surface area contributed by atoms with Gasteiger partial charge < -0.3 is 5.73 Å². The van der Waals surface area contributed by atoms with Crippen molar-refractivity contribution < 1.29 is 17.2 Å². The van der Waals surface area contributed by atoms with Crippen molar-refractivity contribution in [2.45, 2.75) is 4.90 Å². The fraction of sp³-hybridized carbons (Fsp3) is 0. The summed E-state index contributed by atoms with van der Waals surface area (Å²) in [6.07, 6.45) is 0. The van der Waals surface area contributed by atoms with Crippen molar-refractivity contribution in [2.24, 2.45) is 0 Å². The minimum atomic E-state index is -4.09. The molecule has 2 rings (SSSR count). The summed E-state index contributed by atoms with van der Waals surface area (Å²) in [5, 5.41) is 0. The van der Waals surface area contributed by atoms with E-state index < -0.39 is 27.3 Å². The highest BCUT2D eigenvalue weighted by atomic mass is 32.2. The molecule has 19 heavy (non-hydrogen) atoms. The standard InChI is InChI=1S/C12H10F2N2O2S/c13-10-5-2-6-11(14)12(10)16-19(17,18)9-4-1-3-8(15)7-9/h1-7,16H,15H2. The van der Waals surface area contributed by atoms with Gasteiger partial charge in [0.25, 0.3) is 10.0 Å². The van der Waals surface area contributed by atoms with Gasteiger partial charge in [0.2, 0.25) is 0 Å². The zero-order valence-electron chi connectivity index (χ0n) is 9.60. The molecule has 4 nitrogen and oxygen atoms in total. The van der Waals surface area contributed by atoms with E-state index in [-0.39, 0.29) is 10.6 Å². The second kappa shape index (κ2) is 4.85. The van der Waals surface area contributed by atoms with Crippen LogP contribution in [0.5, 0.6) is 0 Å². The Balaban J connectivity index is 2.42. The Hall–Kier alpha value is -2.15. The molecule has 0 saturated heterocycles. The number of nitrogens with one attached hydrogen (secondary N) is 1. The van der Waals surface area contributed by atoms with E-state index in [2.05, 4.69) is 0 Å². The summed E-state index contributed by atoms with van der Waals surface area (Å²) in [6, 6.07) is 8.46. The van der Waals surface area contributed by atoms with Crippen LogP contribution in [0, 0.1) is 11.6 Å². The first kappa shape index (κ1) is 13.3. The zero-order valence-corrected chi connectivity index (χ0v) is 10.4. The number of rotatable bonds is 3. The van der Waals surface area contributed by atoms with Gasteiger partial charge >= 0.3 is 0 Å². The lowest BCUT2D eigenvalue weighted by molar-refractivity contribution is 0.583. The number of hydrogen-bond acceptors (Lipinski definition) is 3. The van der Waals surface area contributed by atoms with Crippen molar-refractivity contribution in [1.29, 1.82) is 0 Å². The average Bonchev–Trinajstić information content (AvgIpc) is 2.34. The number of sulfonamides is 1. The van der Waals surface area contributed by atoms with Crippen molar-refractivity contribution >= 4 is 21.4 Å². The molecule has 0 radical (unpaired) electrons. The van der Waals surface area contributed by atoms with Gasteiger partial charge in [-0.15, -0.1) is 0 Å². The van der Waals surface area contributed by atoms with Crippen LogP contribution in [0.25, 0.3) is 0 Å². The molecule has 2 aromatic carbocycles. The van der Waals surface area contributed by atoms with E-state index in [4.69, 9.17) is 5.73 Å². The van der Waals surface area contributed by atoms with Crippen LogP contribution in [-0.4, -0.2) is 8.42 Å². The van der Waals surface area contributed by atoms with Crippen molar-refractivity contribution in [3.63, 3.8) is 0 Å². The molecule has 0 aliphatic heterocycles. The summed E-state index contributed by atoms with van der Waals surface area (Å²) < 4.78 is 52.5. The average molecular weight is 284 g/mol. The lowest BCUT2D eigenvalue weighted by Gasteiger charge is -2.10. The first-order chi connectivity index (χ1) is 8.90. The van der Waals surface area contributed by atoms with Crippen LogP contribution < -0.4 is 10.5 Å². The monoisotopic (exact) mass is 284 g/mol. The van der Waals surface area contributed by atoms with Gasteiger partial charge in [-0.2, -0.15) is 0 Å². The molecule has 0 bridgehead atoms. The van der Waals surface area contributed by atoms with Gasteiger partial charge in [-0.25, -0.2) is 17.2 Å². The molecule has 0 unspecified atom stereocenters. The van der Waals surface area contributed by atoms with E-state index in [1.807, 2.05) is 4.72 Å². The van der Waals surface area contributed by atoms with Gasteiger partial charge in [-0.1, -0.05) is 12.1 Å². The van der Waals surface area contributed by atoms with Crippen molar-refractivity contribution in [1.82, 2.24) is 0 Å². The normalized spacial score (nSPS) is 11.3. The molecule has 0 amide bonds. The fourth-order valence-electron chi connectivity index (χ4n) is 1.47. The predicted molar refractivity (Wildman–Crippen MR) is 68.0 cm³/mol. The Labute approximate surface area is 108 Å². The van der Waals surface area contributed by atoms with Crippen molar-refractivity contribution in [2.75, 3.05) is 10.5 Å². The first-order valence-corrected chi connectivity index (χ1v) is 6.71. The summed E-state index contributed by atoms with van der Waals surface area (Å²) in [5.74, 6) is -1.99. The number of nitrogens with two attached hydrogens (primary N) is 1. The number of anilines is 2. The van der Waals surface area contributed by atoms with Crippen LogP contribution in [0.3, 0.4) is 0 Å². The fourth-order valence-corrected chi connectivity index (χ4v) is 2.60. The zero-order chi connectivity index (χ0) is 14.0. The third-order valence-electron chi connectivity index (χ3n) is 2.37. The molecule has 3 N–H and O–H groups in total. The summed E-state index contributed by atoms with van der Waals surface area (Å²) in [5.41, 5.74) is 4.98. The third-order valence-corrected chi connectivity index (χ3v) is 3.71. The van der Waals surface area contributed by atoms with Crippen molar-refractivity contribution in [3.05, 3.63) is 54.1 Å². The van der Waals surface area contributed by atoms with E-state index in [0.29, 0.717) is 0 Å². The topological polar surface area (TPSA) is 72.2 Å². The Morgan fingerprint density at radius 3 is 2.16 bits per heavy atom. The Bertz CT molecular complexity index is 697. The second-order valence-corrected chi connectivity index (χ2v) is 5.46. The summed E-state index contributed by atoms with van der Waals surface area (Å²) >= 11 is 0.